The van der Waals surface area contributed by atoms with Crippen LogP contribution in [0.3, 0.4) is 0 Å². The highest BCUT2D eigenvalue weighted by molar-refractivity contribution is 6.04. The molecule has 0 fully saturated rings. The number of aromatic nitrogens is 2. The molecule has 0 aliphatic heterocycles. The number of ether oxygens (including phenoxy) is 1. The van der Waals surface area contributed by atoms with E-state index < -0.39 is 29.8 Å². The Hall–Kier alpha value is -3.08. The van der Waals surface area contributed by atoms with Crippen molar-refractivity contribution in [2.24, 2.45) is 0 Å². The summed E-state index contributed by atoms with van der Waals surface area (Å²) in [4.78, 5) is 24.4. The number of esters is 1. The van der Waals surface area contributed by atoms with Crippen LogP contribution >= 0.6 is 0 Å². The monoisotopic (exact) mass is 414 g/mol. The minimum atomic E-state index is -4.56. The lowest BCUT2D eigenvalue weighted by Gasteiger charge is -2.14. The van der Waals surface area contributed by atoms with E-state index in [1.165, 1.54) is 16.9 Å². The molecular weight excluding hydrogens is 393 g/mol. The first-order valence-corrected chi connectivity index (χ1v) is 8.81. The fourth-order valence-corrected chi connectivity index (χ4v) is 2.39. The van der Waals surface area contributed by atoms with Crippen molar-refractivity contribution in [1.82, 2.24) is 9.78 Å². The zero-order chi connectivity index (χ0) is 21.6. The van der Waals surface area contributed by atoms with Gasteiger partial charge in [0.15, 0.2) is 0 Å². The Labute approximate surface area is 164 Å². The van der Waals surface area contributed by atoms with Gasteiger partial charge in [0, 0.05) is 5.69 Å². The van der Waals surface area contributed by atoms with Gasteiger partial charge in [0.2, 0.25) is 0 Å². The van der Waals surface area contributed by atoms with Gasteiger partial charge in [-0.05, 0) is 31.5 Å². The van der Waals surface area contributed by atoms with Crippen LogP contribution in [0.1, 0.15) is 36.2 Å². The zero-order valence-electron chi connectivity index (χ0n) is 15.8. The molecule has 0 bridgehead atoms. The lowest BCUT2D eigenvalue weighted by molar-refractivity contribution is -0.137. The molecule has 2 aromatic rings. The Bertz CT molecular complexity index is 867. The molecule has 1 heterocycles. The molecule has 1 aromatic heterocycles. The number of nitrogens with one attached hydrogen (secondary N) is 2. The third-order valence-electron chi connectivity index (χ3n) is 3.87. The van der Waals surface area contributed by atoms with Gasteiger partial charge in [0.05, 0.1) is 31.0 Å². The standard InChI is InChI=1S/C18H21F3N4O4/c1-3-13(26)10-25-15(14(9-22-25)16(27)29-4-2)24-17(28)23-12-7-5-6-11(8-12)18(19,20)21/h5-9,13,26H,3-4,10H2,1-2H3,(H2,23,24,28). The van der Waals surface area contributed by atoms with Crippen molar-refractivity contribution < 1.29 is 32.6 Å². The minimum absolute atomic E-state index is 0.00488. The summed E-state index contributed by atoms with van der Waals surface area (Å²) in [6.45, 7) is 3.44. The van der Waals surface area contributed by atoms with Crippen molar-refractivity contribution in [3.05, 3.63) is 41.6 Å². The molecule has 29 heavy (non-hydrogen) atoms. The SMILES string of the molecule is CCOC(=O)c1cnn(CC(O)CC)c1NC(=O)Nc1cccc(C(F)(F)F)c1. The normalized spacial score (nSPS) is 12.3. The molecule has 0 saturated heterocycles. The Morgan fingerprint density at radius 2 is 2.00 bits per heavy atom. The number of anilines is 2. The molecule has 0 aliphatic rings. The van der Waals surface area contributed by atoms with Gasteiger partial charge in [-0.1, -0.05) is 13.0 Å². The van der Waals surface area contributed by atoms with E-state index in [1.54, 1.807) is 13.8 Å². The van der Waals surface area contributed by atoms with Crippen LogP contribution < -0.4 is 10.6 Å². The number of urea groups is 1. The molecule has 3 N–H and O–H groups in total. The molecule has 158 valence electrons. The number of rotatable bonds is 7. The molecule has 2 amide bonds. The summed E-state index contributed by atoms with van der Waals surface area (Å²) in [7, 11) is 0. The van der Waals surface area contributed by atoms with Gasteiger partial charge in [0.1, 0.15) is 11.4 Å². The van der Waals surface area contributed by atoms with Crippen LogP contribution in [0.5, 0.6) is 0 Å². The number of alkyl halides is 3. The average Bonchev–Trinajstić information content (AvgIpc) is 3.03. The number of aliphatic hydroxyl groups is 1. The van der Waals surface area contributed by atoms with Gasteiger partial charge in [0.25, 0.3) is 0 Å². The second kappa shape index (κ2) is 9.41. The number of nitrogens with zero attached hydrogens (tertiary/aromatic N) is 2. The molecule has 0 radical (unpaired) electrons. The number of hydrogen-bond donors (Lipinski definition) is 3. The van der Waals surface area contributed by atoms with E-state index in [-0.39, 0.29) is 30.2 Å². The highest BCUT2D eigenvalue weighted by Crippen LogP contribution is 2.30. The van der Waals surface area contributed by atoms with E-state index >= 15 is 0 Å². The molecule has 0 spiro atoms. The molecule has 8 nitrogen and oxygen atoms in total. The van der Waals surface area contributed by atoms with E-state index in [1.807, 2.05) is 0 Å². The van der Waals surface area contributed by atoms with E-state index in [2.05, 4.69) is 15.7 Å². The quantitative estimate of drug-likeness (QED) is 0.602. The summed E-state index contributed by atoms with van der Waals surface area (Å²) in [6.07, 6.45) is -3.75. The Morgan fingerprint density at radius 1 is 1.28 bits per heavy atom. The summed E-state index contributed by atoms with van der Waals surface area (Å²) < 4.78 is 44.6. The van der Waals surface area contributed by atoms with E-state index in [4.69, 9.17) is 4.74 Å². The van der Waals surface area contributed by atoms with Gasteiger partial charge >= 0.3 is 18.2 Å². The summed E-state index contributed by atoms with van der Waals surface area (Å²) in [5.74, 6) is -0.778. The molecule has 1 atom stereocenters. The summed E-state index contributed by atoms with van der Waals surface area (Å²) >= 11 is 0. The number of halogens is 3. The van der Waals surface area contributed by atoms with Crippen molar-refractivity contribution in [3.8, 4) is 0 Å². The van der Waals surface area contributed by atoms with Crippen LogP contribution in [0.15, 0.2) is 30.5 Å². The van der Waals surface area contributed by atoms with Crippen molar-refractivity contribution in [2.75, 3.05) is 17.2 Å². The second-order valence-electron chi connectivity index (χ2n) is 6.03. The zero-order valence-corrected chi connectivity index (χ0v) is 15.8. The summed E-state index contributed by atoms with van der Waals surface area (Å²) in [5.41, 5.74) is -1.05. The van der Waals surface area contributed by atoms with Crippen LogP contribution in [0, 0.1) is 0 Å². The highest BCUT2D eigenvalue weighted by Gasteiger charge is 2.30. The maximum atomic E-state index is 12.8. The first-order chi connectivity index (χ1) is 13.7. The van der Waals surface area contributed by atoms with E-state index in [0.29, 0.717) is 6.42 Å². The van der Waals surface area contributed by atoms with Gasteiger partial charge < -0.3 is 15.2 Å². The third-order valence-corrected chi connectivity index (χ3v) is 3.87. The Balaban J connectivity index is 2.23. The predicted molar refractivity (Wildman–Crippen MR) is 98.6 cm³/mol. The maximum absolute atomic E-state index is 12.8. The first-order valence-electron chi connectivity index (χ1n) is 8.81. The van der Waals surface area contributed by atoms with Crippen molar-refractivity contribution in [2.45, 2.75) is 39.1 Å². The predicted octanol–water partition coefficient (Wildman–Crippen LogP) is 3.49. The van der Waals surface area contributed by atoms with E-state index in [9.17, 15) is 27.9 Å². The number of benzene rings is 1. The summed E-state index contributed by atoms with van der Waals surface area (Å²) in [5, 5.41) is 18.5. The van der Waals surface area contributed by atoms with Crippen molar-refractivity contribution in [3.63, 3.8) is 0 Å². The van der Waals surface area contributed by atoms with Crippen LogP contribution in [0.25, 0.3) is 0 Å². The lowest BCUT2D eigenvalue weighted by atomic mass is 10.2. The number of hydrogen-bond acceptors (Lipinski definition) is 5. The maximum Gasteiger partial charge on any atom is 0.416 e. The fourth-order valence-electron chi connectivity index (χ4n) is 2.39. The molecular formula is C18H21F3N4O4. The largest absolute Gasteiger partial charge is 0.462 e. The van der Waals surface area contributed by atoms with Gasteiger partial charge in [-0.15, -0.1) is 0 Å². The molecule has 1 aromatic carbocycles. The van der Waals surface area contributed by atoms with Crippen LogP contribution in [0.2, 0.25) is 0 Å². The van der Waals surface area contributed by atoms with Crippen LogP contribution in [-0.4, -0.2) is 39.6 Å². The third kappa shape index (κ3) is 5.95. The van der Waals surface area contributed by atoms with Gasteiger partial charge in [-0.25, -0.2) is 14.3 Å². The van der Waals surface area contributed by atoms with Crippen LogP contribution in [-0.2, 0) is 17.5 Å². The highest BCUT2D eigenvalue weighted by atomic mass is 19.4. The molecule has 0 saturated carbocycles. The first kappa shape index (κ1) is 22.2. The second-order valence-corrected chi connectivity index (χ2v) is 6.03. The fraction of sp³-hybridized carbons (Fsp3) is 0.389. The Morgan fingerprint density at radius 3 is 2.62 bits per heavy atom. The Kier molecular flexibility index (Phi) is 7.21. The average molecular weight is 414 g/mol. The lowest BCUT2D eigenvalue weighted by Crippen LogP contribution is -2.25. The summed E-state index contributed by atoms with van der Waals surface area (Å²) in [6, 6.07) is 3.22. The van der Waals surface area contributed by atoms with Crippen molar-refractivity contribution in [1.29, 1.82) is 0 Å². The van der Waals surface area contributed by atoms with E-state index in [0.717, 1.165) is 18.2 Å². The number of amides is 2. The van der Waals surface area contributed by atoms with Crippen molar-refractivity contribution >= 4 is 23.5 Å². The molecule has 0 aliphatic carbocycles. The molecule has 2 rings (SSSR count). The van der Waals surface area contributed by atoms with Crippen LogP contribution in [0.4, 0.5) is 29.5 Å². The number of carbonyl (C=O) groups excluding carboxylic acids is 2. The molecule has 1 unspecified atom stereocenters. The van der Waals surface area contributed by atoms with Gasteiger partial charge in [-0.2, -0.15) is 18.3 Å². The topological polar surface area (TPSA) is 105 Å². The molecule has 11 heteroatoms. The smallest absolute Gasteiger partial charge is 0.416 e. The minimum Gasteiger partial charge on any atom is -0.462 e. The number of aliphatic hydroxyl groups excluding tert-OH is 1. The van der Waals surface area contributed by atoms with Gasteiger partial charge in [-0.3, -0.25) is 5.32 Å². The number of carbonyl (C=O) groups is 2.